The zero-order valence-corrected chi connectivity index (χ0v) is 13.3. The van der Waals surface area contributed by atoms with E-state index < -0.39 is 0 Å². The summed E-state index contributed by atoms with van der Waals surface area (Å²) in [6.07, 6.45) is 5.37. The molecule has 0 bridgehead atoms. The average molecular weight is 297 g/mol. The van der Waals surface area contributed by atoms with Crippen molar-refractivity contribution in [2.75, 3.05) is 19.6 Å². The van der Waals surface area contributed by atoms with E-state index in [0.29, 0.717) is 0 Å². The second-order valence-electron chi connectivity index (χ2n) is 6.32. The van der Waals surface area contributed by atoms with E-state index in [-0.39, 0.29) is 0 Å². The van der Waals surface area contributed by atoms with Crippen LogP contribution in [0.25, 0.3) is 0 Å². The maximum Gasteiger partial charge on any atom is 0.131 e. The molecule has 0 aromatic carbocycles. The number of aromatic nitrogens is 2. The van der Waals surface area contributed by atoms with E-state index in [2.05, 4.69) is 22.2 Å². The molecule has 0 spiro atoms. The number of aryl methyl sites for hydroxylation is 2. The zero-order valence-electron chi connectivity index (χ0n) is 12.5. The van der Waals surface area contributed by atoms with Gasteiger partial charge in [-0.15, -0.1) is 0 Å². The van der Waals surface area contributed by atoms with Gasteiger partial charge in [-0.1, -0.05) is 11.6 Å². The van der Waals surface area contributed by atoms with E-state index in [1.165, 1.54) is 50.9 Å². The molecule has 5 heteroatoms. The summed E-state index contributed by atoms with van der Waals surface area (Å²) in [7, 11) is 1.92. The molecular weight excluding hydrogens is 272 g/mol. The average Bonchev–Trinajstić information content (AvgIpc) is 3.05. The standard InChI is InChI=1S/C15H25ClN4/c1-11-13(15(16)19(2)18-11)10-20-8-4-5-12(9-20)14-6-3-7-17-14/h12,14,17H,3-10H2,1-2H3. The Morgan fingerprint density at radius 1 is 1.35 bits per heavy atom. The molecule has 2 aliphatic rings. The zero-order chi connectivity index (χ0) is 14.1. The first-order valence-corrected chi connectivity index (χ1v) is 8.16. The fourth-order valence-electron chi connectivity index (χ4n) is 3.75. The van der Waals surface area contributed by atoms with Crippen molar-refractivity contribution in [3.63, 3.8) is 0 Å². The van der Waals surface area contributed by atoms with Crippen LogP contribution in [0.5, 0.6) is 0 Å². The molecule has 0 saturated carbocycles. The molecule has 3 rings (SSSR count). The Kier molecular flexibility index (Phi) is 4.34. The molecule has 2 fully saturated rings. The fourth-order valence-corrected chi connectivity index (χ4v) is 3.99. The van der Waals surface area contributed by atoms with Crippen LogP contribution in [-0.4, -0.2) is 40.4 Å². The van der Waals surface area contributed by atoms with E-state index in [4.69, 9.17) is 11.6 Å². The number of hydrogen-bond acceptors (Lipinski definition) is 3. The van der Waals surface area contributed by atoms with Crippen LogP contribution in [0.1, 0.15) is 36.9 Å². The summed E-state index contributed by atoms with van der Waals surface area (Å²) in [6, 6.07) is 0.739. The summed E-state index contributed by atoms with van der Waals surface area (Å²) < 4.78 is 1.78. The molecule has 0 radical (unpaired) electrons. The third kappa shape index (κ3) is 2.87. The van der Waals surface area contributed by atoms with E-state index in [1.54, 1.807) is 4.68 Å². The topological polar surface area (TPSA) is 33.1 Å². The van der Waals surface area contributed by atoms with Gasteiger partial charge in [-0.25, -0.2) is 0 Å². The number of rotatable bonds is 3. The molecule has 1 N–H and O–H groups in total. The van der Waals surface area contributed by atoms with E-state index >= 15 is 0 Å². The second kappa shape index (κ2) is 6.04. The Hall–Kier alpha value is -0.580. The van der Waals surface area contributed by atoms with Crippen molar-refractivity contribution >= 4 is 11.6 Å². The maximum absolute atomic E-state index is 6.36. The Labute approximate surface area is 126 Å². The minimum atomic E-state index is 0.739. The van der Waals surface area contributed by atoms with E-state index in [9.17, 15) is 0 Å². The lowest BCUT2D eigenvalue weighted by Gasteiger charge is -2.35. The predicted octanol–water partition coefficient (Wildman–Crippen LogP) is 2.35. The number of piperidine rings is 1. The SMILES string of the molecule is Cc1nn(C)c(Cl)c1CN1CCCC(C2CCCN2)C1. The van der Waals surface area contributed by atoms with Crippen molar-refractivity contribution in [1.82, 2.24) is 20.0 Å². The normalized spacial score (nSPS) is 28.1. The van der Waals surface area contributed by atoms with Crippen LogP contribution in [-0.2, 0) is 13.6 Å². The monoisotopic (exact) mass is 296 g/mol. The van der Waals surface area contributed by atoms with Gasteiger partial charge in [0, 0.05) is 31.7 Å². The number of halogens is 1. The largest absolute Gasteiger partial charge is 0.314 e. The molecule has 2 atom stereocenters. The minimum Gasteiger partial charge on any atom is -0.314 e. The van der Waals surface area contributed by atoms with Gasteiger partial charge in [0.15, 0.2) is 0 Å². The highest BCUT2D eigenvalue weighted by molar-refractivity contribution is 6.30. The molecule has 2 aliphatic heterocycles. The third-order valence-electron chi connectivity index (χ3n) is 4.86. The van der Waals surface area contributed by atoms with Crippen molar-refractivity contribution in [2.45, 2.75) is 45.2 Å². The number of likely N-dealkylation sites (tertiary alicyclic amines) is 1. The van der Waals surface area contributed by atoms with Gasteiger partial charge in [-0.05, 0) is 51.6 Å². The van der Waals surface area contributed by atoms with Gasteiger partial charge >= 0.3 is 0 Å². The highest BCUT2D eigenvalue weighted by atomic mass is 35.5. The first kappa shape index (κ1) is 14.4. The van der Waals surface area contributed by atoms with Gasteiger partial charge in [-0.3, -0.25) is 9.58 Å². The van der Waals surface area contributed by atoms with Gasteiger partial charge in [0.1, 0.15) is 5.15 Å². The number of nitrogens with zero attached hydrogens (tertiary/aromatic N) is 3. The summed E-state index contributed by atoms with van der Waals surface area (Å²) in [5.41, 5.74) is 2.27. The third-order valence-corrected chi connectivity index (χ3v) is 5.33. The molecule has 0 amide bonds. The minimum absolute atomic E-state index is 0.739. The molecular formula is C15H25ClN4. The van der Waals surface area contributed by atoms with Crippen LogP contribution in [0.4, 0.5) is 0 Å². The quantitative estimate of drug-likeness (QED) is 0.929. The van der Waals surface area contributed by atoms with Crippen LogP contribution >= 0.6 is 11.6 Å². The fraction of sp³-hybridized carbons (Fsp3) is 0.800. The molecule has 1 aromatic heterocycles. The highest BCUT2D eigenvalue weighted by Gasteiger charge is 2.29. The van der Waals surface area contributed by atoms with Crippen molar-refractivity contribution in [1.29, 1.82) is 0 Å². The summed E-state index contributed by atoms with van der Waals surface area (Å²) in [5, 5.41) is 8.88. The lowest BCUT2D eigenvalue weighted by Crippen LogP contribution is -2.43. The van der Waals surface area contributed by atoms with Crippen LogP contribution in [0, 0.1) is 12.8 Å². The first-order chi connectivity index (χ1) is 9.65. The lowest BCUT2D eigenvalue weighted by molar-refractivity contribution is 0.145. The molecule has 3 heterocycles. The molecule has 2 unspecified atom stereocenters. The second-order valence-corrected chi connectivity index (χ2v) is 6.68. The Balaban J connectivity index is 1.65. The van der Waals surface area contributed by atoms with Crippen LogP contribution in [0.15, 0.2) is 0 Å². The molecule has 20 heavy (non-hydrogen) atoms. The smallest absolute Gasteiger partial charge is 0.131 e. The van der Waals surface area contributed by atoms with Crippen molar-refractivity contribution < 1.29 is 0 Å². The van der Waals surface area contributed by atoms with Crippen LogP contribution in [0.2, 0.25) is 5.15 Å². The van der Waals surface area contributed by atoms with Gasteiger partial charge in [0.05, 0.1) is 5.69 Å². The Morgan fingerprint density at radius 2 is 2.20 bits per heavy atom. The molecule has 1 aromatic rings. The Morgan fingerprint density at radius 3 is 2.85 bits per heavy atom. The summed E-state index contributed by atoms with van der Waals surface area (Å²) in [6.45, 7) is 6.59. The summed E-state index contributed by atoms with van der Waals surface area (Å²) >= 11 is 6.36. The van der Waals surface area contributed by atoms with Crippen molar-refractivity contribution in [2.24, 2.45) is 13.0 Å². The van der Waals surface area contributed by atoms with Crippen molar-refractivity contribution in [3.8, 4) is 0 Å². The molecule has 112 valence electrons. The lowest BCUT2D eigenvalue weighted by atomic mass is 9.89. The number of nitrogens with one attached hydrogen (secondary N) is 1. The van der Waals surface area contributed by atoms with Gasteiger partial charge in [-0.2, -0.15) is 5.10 Å². The predicted molar refractivity (Wildman–Crippen MR) is 82.0 cm³/mol. The molecule has 2 saturated heterocycles. The van der Waals surface area contributed by atoms with Gasteiger partial charge in [0.2, 0.25) is 0 Å². The van der Waals surface area contributed by atoms with Crippen molar-refractivity contribution in [3.05, 3.63) is 16.4 Å². The van der Waals surface area contributed by atoms with Gasteiger partial charge in [0.25, 0.3) is 0 Å². The Bertz CT molecular complexity index is 465. The maximum atomic E-state index is 6.36. The summed E-state index contributed by atoms with van der Waals surface area (Å²) in [5.74, 6) is 0.807. The summed E-state index contributed by atoms with van der Waals surface area (Å²) in [4.78, 5) is 2.56. The number of hydrogen-bond donors (Lipinski definition) is 1. The van der Waals surface area contributed by atoms with E-state index in [1.807, 2.05) is 7.05 Å². The highest BCUT2D eigenvalue weighted by Crippen LogP contribution is 2.27. The molecule has 4 nitrogen and oxygen atoms in total. The molecule has 0 aliphatic carbocycles. The first-order valence-electron chi connectivity index (χ1n) is 7.79. The van der Waals surface area contributed by atoms with E-state index in [0.717, 1.165) is 29.4 Å². The van der Waals surface area contributed by atoms with Crippen LogP contribution in [0.3, 0.4) is 0 Å². The van der Waals surface area contributed by atoms with Gasteiger partial charge < -0.3 is 5.32 Å². The van der Waals surface area contributed by atoms with Crippen LogP contribution < -0.4 is 5.32 Å².